The summed E-state index contributed by atoms with van der Waals surface area (Å²) in [6.07, 6.45) is 1.16. The van der Waals surface area contributed by atoms with Gasteiger partial charge in [0.2, 0.25) is 0 Å². The van der Waals surface area contributed by atoms with Gasteiger partial charge < -0.3 is 14.8 Å². The number of nitrogens with zero attached hydrogens (tertiary/aromatic N) is 2. The van der Waals surface area contributed by atoms with Crippen LogP contribution in [0.5, 0.6) is 0 Å². The number of hydrogen-bond donors (Lipinski definition) is 2. The predicted molar refractivity (Wildman–Crippen MR) is 93.2 cm³/mol. The average Bonchev–Trinajstić information content (AvgIpc) is 2.92. The molecule has 0 amide bonds. The lowest BCUT2D eigenvalue weighted by Crippen LogP contribution is -2.31. The molecule has 0 aliphatic carbocycles. The maximum absolute atomic E-state index is 11.6. The smallest absolute Gasteiger partial charge is 0.326 e. The molecule has 0 saturated carbocycles. The number of furan rings is 1. The number of aryl methyl sites for hydroxylation is 1. The van der Waals surface area contributed by atoms with E-state index >= 15 is 0 Å². The van der Waals surface area contributed by atoms with E-state index in [1.54, 1.807) is 0 Å². The van der Waals surface area contributed by atoms with E-state index in [1.807, 2.05) is 45.0 Å². The number of anilines is 1. The van der Waals surface area contributed by atoms with Gasteiger partial charge in [-0.15, -0.1) is 0 Å². The van der Waals surface area contributed by atoms with Crippen LogP contribution in [0.1, 0.15) is 33.0 Å². The fraction of sp³-hybridized carbons (Fsp3) is 0.389. The first kappa shape index (κ1) is 16.2. The number of nitrogens with one attached hydrogen (secondary N) is 1. The normalized spacial score (nSPS) is 12.8. The summed E-state index contributed by atoms with van der Waals surface area (Å²) in [7, 11) is 0. The number of aromatic nitrogens is 2. The minimum atomic E-state index is -0.898. The van der Waals surface area contributed by atoms with Gasteiger partial charge in [0, 0.05) is 11.8 Å². The molecule has 0 radical (unpaired) electrons. The van der Waals surface area contributed by atoms with Crippen molar-refractivity contribution in [3.05, 3.63) is 30.1 Å². The van der Waals surface area contributed by atoms with Gasteiger partial charge in [0.25, 0.3) is 0 Å². The number of fused-ring (bicyclic) bond motifs is 3. The number of carboxylic acid groups (broad SMARTS) is 1. The fourth-order valence-electron chi connectivity index (χ4n) is 2.75. The molecule has 24 heavy (non-hydrogen) atoms. The van der Waals surface area contributed by atoms with E-state index in [9.17, 15) is 9.90 Å². The molecule has 6 nitrogen and oxygen atoms in total. The highest BCUT2D eigenvalue weighted by Gasteiger charge is 2.23. The van der Waals surface area contributed by atoms with E-state index in [0.29, 0.717) is 41.2 Å². The summed E-state index contributed by atoms with van der Waals surface area (Å²) in [6.45, 7) is 5.95. The van der Waals surface area contributed by atoms with Gasteiger partial charge >= 0.3 is 5.97 Å². The molecule has 2 aromatic heterocycles. The molecule has 0 bridgehead atoms. The first-order valence-corrected chi connectivity index (χ1v) is 8.17. The molecule has 0 spiro atoms. The zero-order chi connectivity index (χ0) is 17.3. The topological polar surface area (TPSA) is 88.2 Å². The standard InChI is InChI=1S/C18H21N3O3/c1-4-14-20-15-11-7-5-6-8-13(11)24-16(15)17(21-14)19-12(18(22)23)9-10(2)3/h5-8,10,12H,4,9H2,1-3H3,(H,22,23)(H,19,20,21)/t12-/m0/s1. The van der Waals surface area contributed by atoms with Gasteiger partial charge in [-0.2, -0.15) is 0 Å². The third-order valence-electron chi connectivity index (χ3n) is 3.90. The van der Waals surface area contributed by atoms with Crippen molar-refractivity contribution < 1.29 is 14.3 Å². The average molecular weight is 327 g/mol. The molecule has 1 aromatic carbocycles. The predicted octanol–water partition coefficient (Wildman–Crippen LogP) is 3.85. The highest BCUT2D eigenvalue weighted by Crippen LogP contribution is 2.31. The Morgan fingerprint density at radius 2 is 2.04 bits per heavy atom. The van der Waals surface area contributed by atoms with Crippen LogP contribution in [0.15, 0.2) is 28.7 Å². The van der Waals surface area contributed by atoms with Crippen molar-refractivity contribution in [3.63, 3.8) is 0 Å². The van der Waals surface area contributed by atoms with E-state index in [-0.39, 0.29) is 5.92 Å². The molecule has 0 saturated heterocycles. The van der Waals surface area contributed by atoms with Gasteiger partial charge in [-0.1, -0.05) is 32.9 Å². The number of benzene rings is 1. The summed E-state index contributed by atoms with van der Waals surface area (Å²) < 4.78 is 5.89. The summed E-state index contributed by atoms with van der Waals surface area (Å²) in [6, 6.07) is 6.91. The first-order chi connectivity index (χ1) is 11.5. The van der Waals surface area contributed by atoms with E-state index in [1.165, 1.54) is 0 Å². The number of carbonyl (C=O) groups is 1. The number of hydrogen-bond acceptors (Lipinski definition) is 5. The van der Waals surface area contributed by atoms with Crippen molar-refractivity contribution in [3.8, 4) is 0 Å². The lowest BCUT2D eigenvalue weighted by Gasteiger charge is -2.17. The van der Waals surface area contributed by atoms with Gasteiger partial charge in [-0.05, 0) is 24.5 Å². The summed E-state index contributed by atoms with van der Waals surface area (Å²) >= 11 is 0. The first-order valence-electron chi connectivity index (χ1n) is 8.17. The lowest BCUT2D eigenvalue weighted by atomic mass is 10.0. The van der Waals surface area contributed by atoms with Crippen LogP contribution in [-0.2, 0) is 11.2 Å². The second kappa shape index (κ2) is 6.47. The van der Waals surface area contributed by atoms with Crippen LogP contribution in [0.3, 0.4) is 0 Å². The van der Waals surface area contributed by atoms with E-state index in [4.69, 9.17) is 4.42 Å². The quantitative estimate of drug-likeness (QED) is 0.715. The number of aliphatic carboxylic acids is 1. The Morgan fingerprint density at radius 3 is 2.71 bits per heavy atom. The summed E-state index contributed by atoms with van der Waals surface area (Å²) in [5, 5.41) is 13.4. The monoisotopic (exact) mass is 327 g/mol. The number of para-hydroxylation sites is 1. The third kappa shape index (κ3) is 3.04. The van der Waals surface area contributed by atoms with Gasteiger partial charge in [-0.25, -0.2) is 14.8 Å². The molecule has 0 aliphatic heterocycles. The molecule has 0 fully saturated rings. The molecule has 1 atom stereocenters. The van der Waals surface area contributed by atoms with E-state index in [0.717, 1.165) is 5.39 Å². The Bertz CT molecular complexity index is 886. The van der Waals surface area contributed by atoms with Crippen molar-refractivity contribution in [1.29, 1.82) is 0 Å². The van der Waals surface area contributed by atoms with Crippen LogP contribution in [0.2, 0.25) is 0 Å². The Labute approximate surface area is 139 Å². The summed E-state index contributed by atoms with van der Waals surface area (Å²) in [4.78, 5) is 20.6. The Kier molecular flexibility index (Phi) is 4.38. The maximum Gasteiger partial charge on any atom is 0.326 e. The lowest BCUT2D eigenvalue weighted by molar-refractivity contribution is -0.138. The third-order valence-corrected chi connectivity index (χ3v) is 3.90. The fourth-order valence-corrected chi connectivity index (χ4v) is 2.75. The van der Waals surface area contributed by atoms with Crippen molar-refractivity contribution in [2.45, 2.75) is 39.7 Å². The maximum atomic E-state index is 11.6. The minimum absolute atomic E-state index is 0.247. The molecule has 6 heteroatoms. The number of rotatable bonds is 6. The van der Waals surface area contributed by atoms with Crippen LogP contribution in [0.4, 0.5) is 5.82 Å². The summed E-state index contributed by atoms with van der Waals surface area (Å²) in [5.74, 6) is 0.452. The highest BCUT2D eigenvalue weighted by molar-refractivity contribution is 6.05. The van der Waals surface area contributed by atoms with Crippen molar-refractivity contribution >= 4 is 33.9 Å². The summed E-state index contributed by atoms with van der Waals surface area (Å²) in [5.41, 5.74) is 1.94. The van der Waals surface area contributed by atoms with E-state index in [2.05, 4.69) is 15.3 Å². The molecule has 3 rings (SSSR count). The molecule has 0 aliphatic rings. The van der Waals surface area contributed by atoms with Gasteiger partial charge in [-0.3, -0.25) is 0 Å². The second-order valence-corrected chi connectivity index (χ2v) is 6.28. The SMILES string of the molecule is CCc1nc(N[C@@H](CC(C)C)C(=O)O)c2oc3ccccc3c2n1. The largest absolute Gasteiger partial charge is 0.480 e. The van der Waals surface area contributed by atoms with Crippen molar-refractivity contribution in [1.82, 2.24) is 9.97 Å². The zero-order valence-corrected chi connectivity index (χ0v) is 14.0. The van der Waals surface area contributed by atoms with E-state index < -0.39 is 12.0 Å². The Balaban J connectivity index is 2.13. The second-order valence-electron chi connectivity index (χ2n) is 6.28. The van der Waals surface area contributed by atoms with Crippen molar-refractivity contribution in [2.75, 3.05) is 5.32 Å². The van der Waals surface area contributed by atoms with Crippen LogP contribution in [-0.4, -0.2) is 27.1 Å². The molecule has 3 aromatic rings. The molecule has 126 valence electrons. The molecular weight excluding hydrogens is 306 g/mol. The van der Waals surface area contributed by atoms with Crippen LogP contribution < -0.4 is 5.32 Å². The molecule has 2 N–H and O–H groups in total. The highest BCUT2D eigenvalue weighted by atomic mass is 16.4. The van der Waals surface area contributed by atoms with Gasteiger partial charge in [0.05, 0.1) is 0 Å². The Morgan fingerprint density at radius 1 is 1.29 bits per heavy atom. The molecule has 0 unspecified atom stereocenters. The van der Waals surface area contributed by atoms with Crippen molar-refractivity contribution in [2.24, 2.45) is 5.92 Å². The molecular formula is C18H21N3O3. The van der Waals surface area contributed by atoms with Crippen LogP contribution >= 0.6 is 0 Å². The van der Waals surface area contributed by atoms with Crippen LogP contribution in [0.25, 0.3) is 22.1 Å². The van der Waals surface area contributed by atoms with Crippen LogP contribution in [0, 0.1) is 5.92 Å². The number of carboxylic acids is 1. The molecule has 2 heterocycles. The van der Waals surface area contributed by atoms with Gasteiger partial charge in [0.1, 0.15) is 23.0 Å². The van der Waals surface area contributed by atoms with Gasteiger partial charge in [0.15, 0.2) is 11.4 Å². The minimum Gasteiger partial charge on any atom is -0.480 e. The Hall–Kier alpha value is -2.63. The zero-order valence-electron chi connectivity index (χ0n) is 14.0.